The van der Waals surface area contributed by atoms with Crippen LogP contribution in [0.1, 0.15) is 24.4 Å². The molecule has 0 saturated heterocycles. The normalized spacial score (nSPS) is 15.6. The Morgan fingerprint density at radius 3 is 2.44 bits per heavy atom. The topological polar surface area (TPSA) is 98.5 Å². The number of sulfonamides is 1. The quantitative estimate of drug-likeness (QED) is 0.603. The van der Waals surface area contributed by atoms with E-state index < -0.39 is 14.9 Å². The number of methoxy groups -OCH3 is 1. The first kappa shape index (κ1) is 17.4. The van der Waals surface area contributed by atoms with Crippen molar-refractivity contribution in [2.24, 2.45) is 5.92 Å². The van der Waals surface area contributed by atoms with Gasteiger partial charge >= 0.3 is 5.69 Å². The number of hydrogen-bond acceptors (Lipinski definition) is 5. The molecular weight excluding hydrogens is 344 g/mol. The molecule has 1 aliphatic carbocycles. The van der Waals surface area contributed by atoms with Gasteiger partial charge in [-0.2, -0.15) is 0 Å². The van der Waals surface area contributed by atoms with E-state index >= 15 is 0 Å². The molecule has 0 radical (unpaired) electrons. The summed E-state index contributed by atoms with van der Waals surface area (Å²) in [5.74, 6) is 0.260. The lowest BCUT2D eigenvalue weighted by Crippen LogP contribution is -2.30. The number of nitrogens with one attached hydrogen (secondary N) is 1. The fourth-order valence-corrected chi connectivity index (χ4v) is 4.05. The van der Waals surface area contributed by atoms with E-state index in [0.717, 1.165) is 24.5 Å². The molecule has 2 aromatic carbocycles. The molecule has 0 spiro atoms. The Hall–Kier alpha value is -2.45. The predicted octanol–water partition coefficient (Wildman–Crippen LogP) is 3.03. The monoisotopic (exact) mass is 362 g/mol. The molecule has 1 saturated carbocycles. The highest BCUT2D eigenvalue weighted by molar-refractivity contribution is 7.89. The van der Waals surface area contributed by atoms with Crippen molar-refractivity contribution in [2.45, 2.75) is 23.8 Å². The predicted molar refractivity (Wildman–Crippen MR) is 91.9 cm³/mol. The average Bonchev–Trinajstić information content (AvgIpc) is 3.44. The number of benzene rings is 2. The van der Waals surface area contributed by atoms with Crippen LogP contribution >= 0.6 is 0 Å². The maximum absolute atomic E-state index is 12.7. The lowest BCUT2D eigenvalue weighted by molar-refractivity contribution is -0.386. The molecule has 1 aliphatic rings. The minimum atomic E-state index is -3.90. The summed E-state index contributed by atoms with van der Waals surface area (Å²) in [6.07, 6.45) is 1.90. The van der Waals surface area contributed by atoms with Gasteiger partial charge in [-0.25, -0.2) is 13.1 Å². The van der Waals surface area contributed by atoms with Crippen LogP contribution in [0.4, 0.5) is 5.69 Å². The summed E-state index contributed by atoms with van der Waals surface area (Å²) in [5.41, 5.74) is 0.504. The fourth-order valence-electron chi connectivity index (χ4n) is 2.74. The molecular formula is C17H18N2O5S. The van der Waals surface area contributed by atoms with Crippen LogP contribution in [0.15, 0.2) is 53.4 Å². The fraction of sp³-hybridized carbons (Fsp3) is 0.294. The van der Waals surface area contributed by atoms with Crippen molar-refractivity contribution in [3.63, 3.8) is 0 Å². The molecule has 2 aromatic rings. The van der Waals surface area contributed by atoms with Gasteiger partial charge in [0, 0.05) is 12.1 Å². The molecule has 25 heavy (non-hydrogen) atoms. The van der Waals surface area contributed by atoms with Crippen molar-refractivity contribution in [3.05, 3.63) is 64.2 Å². The van der Waals surface area contributed by atoms with Gasteiger partial charge in [0.1, 0.15) is 0 Å². The Labute approximate surface area is 145 Å². The van der Waals surface area contributed by atoms with Crippen LogP contribution in [0.25, 0.3) is 0 Å². The number of rotatable bonds is 7. The molecule has 0 aliphatic heterocycles. The maximum atomic E-state index is 12.7. The Bertz CT molecular complexity index is 879. The molecule has 0 bridgehead atoms. The zero-order chi connectivity index (χ0) is 18.0. The van der Waals surface area contributed by atoms with Crippen molar-refractivity contribution in [1.29, 1.82) is 0 Å². The number of ether oxygens (including phenoxy) is 1. The third kappa shape index (κ3) is 3.80. The molecule has 3 rings (SSSR count). The van der Waals surface area contributed by atoms with Gasteiger partial charge in [-0.3, -0.25) is 10.1 Å². The Balaban J connectivity index is 1.93. The number of nitro groups is 1. The van der Waals surface area contributed by atoms with Crippen molar-refractivity contribution < 1.29 is 18.1 Å². The Morgan fingerprint density at radius 2 is 1.88 bits per heavy atom. The summed E-state index contributed by atoms with van der Waals surface area (Å²) < 4.78 is 33.1. The highest BCUT2D eigenvalue weighted by Gasteiger charge is 2.35. The van der Waals surface area contributed by atoms with Crippen LogP contribution in [0.5, 0.6) is 5.75 Å². The molecule has 0 amide bonds. The van der Waals surface area contributed by atoms with Crippen LogP contribution < -0.4 is 9.46 Å². The summed E-state index contributed by atoms with van der Waals surface area (Å²) in [6, 6.07) is 12.6. The average molecular weight is 362 g/mol. The molecule has 1 fully saturated rings. The van der Waals surface area contributed by atoms with Gasteiger partial charge in [-0.05, 0) is 36.5 Å². The van der Waals surface area contributed by atoms with Crippen LogP contribution in [0.2, 0.25) is 0 Å². The van der Waals surface area contributed by atoms with Crippen LogP contribution in [0, 0.1) is 16.0 Å². The van der Waals surface area contributed by atoms with Crippen molar-refractivity contribution >= 4 is 15.7 Å². The summed E-state index contributed by atoms with van der Waals surface area (Å²) in [6.45, 7) is 0. The smallest absolute Gasteiger partial charge is 0.312 e. The van der Waals surface area contributed by atoms with Gasteiger partial charge in [0.05, 0.1) is 16.9 Å². The zero-order valence-corrected chi connectivity index (χ0v) is 14.4. The molecule has 0 aromatic heterocycles. The molecule has 1 N–H and O–H groups in total. The molecule has 132 valence electrons. The molecule has 0 heterocycles. The third-order valence-corrected chi connectivity index (χ3v) is 5.63. The number of hydrogen-bond donors (Lipinski definition) is 1. The van der Waals surface area contributed by atoms with Gasteiger partial charge in [0.25, 0.3) is 0 Å². The maximum Gasteiger partial charge on any atom is 0.312 e. The standard InChI is InChI=1S/C17H18N2O5S/c1-24-16-10-9-14(11-15(16)19(20)21)25(22,23)18-17(13-7-8-13)12-5-3-2-4-6-12/h2-6,9-11,13,17-18H,7-8H2,1H3/t17-/m1/s1. The third-order valence-electron chi connectivity index (χ3n) is 4.19. The van der Waals surface area contributed by atoms with Crippen molar-refractivity contribution in [1.82, 2.24) is 4.72 Å². The summed E-state index contributed by atoms with van der Waals surface area (Å²) in [5, 5.41) is 11.1. The molecule has 8 heteroatoms. The largest absolute Gasteiger partial charge is 0.490 e. The van der Waals surface area contributed by atoms with E-state index in [1.165, 1.54) is 19.2 Å². The minimum absolute atomic E-state index is 0.0192. The Kier molecular flexibility index (Phi) is 4.73. The summed E-state index contributed by atoms with van der Waals surface area (Å²) in [4.78, 5) is 10.3. The molecule has 7 nitrogen and oxygen atoms in total. The van der Waals surface area contributed by atoms with Gasteiger partial charge in [-0.15, -0.1) is 0 Å². The first-order chi connectivity index (χ1) is 11.9. The van der Waals surface area contributed by atoms with E-state index in [-0.39, 0.29) is 28.3 Å². The lowest BCUT2D eigenvalue weighted by atomic mass is 10.0. The highest BCUT2D eigenvalue weighted by Crippen LogP contribution is 2.42. The highest BCUT2D eigenvalue weighted by atomic mass is 32.2. The van der Waals surface area contributed by atoms with E-state index in [2.05, 4.69) is 4.72 Å². The summed E-state index contributed by atoms with van der Waals surface area (Å²) >= 11 is 0. The zero-order valence-electron chi connectivity index (χ0n) is 13.6. The second-order valence-electron chi connectivity index (χ2n) is 5.94. The first-order valence-corrected chi connectivity index (χ1v) is 9.30. The summed E-state index contributed by atoms with van der Waals surface area (Å²) in [7, 11) is -2.60. The first-order valence-electron chi connectivity index (χ1n) is 7.82. The van der Waals surface area contributed by atoms with E-state index in [1.54, 1.807) is 0 Å². The molecule has 0 unspecified atom stereocenters. The number of nitro benzene ring substituents is 1. The van der Waals surface area contributed by atoms with Crippen molar-refractivity contribution in [2.75, 3.05) is 7.11 Å². The van der Waals surface area contributed by atoms with Gasteiger partial charge in [0.15, 0.2) is 5.75 Å². The second kappa shape index (κ2) is 6.81. The second-order valence-corrected chi connectivity index (χ2v) is 7.65. The van der Waals surface area contributed by atoms with Crippen molar-refractivity contribution in [3.8, 4) is 5.75 Å². The van der Waals surface area contributed by atoms with Gasteiger partial charge in [-0.1, -0.05) is 30.3 Å². The van der Waals surface area contributed by atoms with E-state index in [9.17, 15) is 18.5 Å². The number of nitrogens with zero attached hydrogens (tertiary/aromatic N) is 1. The minimum Gasteiger partial charge on any atom is -0.490 e. The van der Waals surface area contributed by atoms with E-state index in [1.807, 2.05) is 30.3 Å². The van der Waals surface area contributed by atoms with Gasteiger partial charge in [0.2, 0.25) is 10.0 Å². The van der Waals surface area contributed by atoms with E-state index in [4.69, 9.17) is 4.74 Å². The molecule has 1 atom stereocenters. The van der Waals surface area contributed by atoms with Crippen LogP contribution in [-0.2, 0) is 10.0 Å². The van der Waals surface area contributed by atoms with Crippen LogP contribution in [-0.4, -0.2) is 20.5 Å². The van der Waals surface area contributed by atoms with E-state index in [0.29, 0.717) is 0 Å². The van der Waals surface area contributed by atoms with Crippen LogP contribution in [0.3, 0.4) is 0 Å². The lowest BCUT2D eigenvalue weighted by Gasteiger charge is -2.19. The van der Waals surface area contributed by atoms with Gasteiger partial charge < -0.3 is 4.74 Å². The SMILES string of the molecule is COc1ccc(S(=O)(=O)N[C@H](c2ccccc2)C2CC2)cc1[N+](=O)[O-]. The Morgan fingerprint density at radius 1 is 1.20 bits per heavy atom.